The number of amides is 1. The zero-order valence-electron chi connectivity index (χ0n) is 17.6. The van der Waals surface area contributed by atoms with Crippen LogP contribution in [0.2, 0.25) is 0 Å². The van der Waals surface area contributed by atoms with Crippen molar-refractivity contribution < 1.29 is 4.79 Å². The van der Waals surface area contributed by atoms with Gasteiger partial charge < -0.3 is 15.5 Å². The third kappa shape index (κ3) is 2.92. The number of nitrogens with one attached hydrogen (secondary N) is 1. The fourth-order valence-electron chi connectivity index (χ4n) is 5.82. The normalized spacial score (nSPS) is 31.6. The highest BCUT2D eigenvalue weighted by Gasteiger charge is 2.54. The highest BCUT2D eigenvalue weighted by molar-refractivity contribution is 6.01. The van der Waals surface area contributed by atoms with E-state index >= 15 is 0 Å². The van der Waals surface area contributed by atoms with Gasteiger partial charge in [-0.3, -0.25) is 9.69 Å². The van der Waals surface area contributed by atoms with Gasteiger partial charge in [0.25, 0.3) is 0 Å². The number of aromatic nitrogens is 4. The molecule has 1 aromatic heterocycles. The van der Waals surface area contributed by atoms with E-state index in [2.05, 4.69) is 43.1 Å². The van der Waals surface area contributed by atoms with Crippen molar-refractivity contribution in [2.75, 3.05) is 18.0 Å². The number of nitrogens with two attached hydrogens (primary N) is 1. The second kappa shape index (κ2) is 7.12. The number of fused-ring (bicyclic) bond motifs is 3. The summed E-state index contributed by atoms with van der Waals surface area (Å²) >= 11 is 0. The zero-order chi connectivity index (χ0) is 22.0. The molecule has 2 aromatic rings. The number of carbonyl (C=O) groups is 1. The number of nitriles is 1. The first-order chi connectivity index (χ1) is 15.5. The Labute approximate surface area is 185 Å². The van der Waals surface area contributed by atoms with E-state index in [1.807, 2.05) is 29.2 Å². The Bertz CT molecular complexity index is 1110. The molecule has 4 aliphatic rings. The second-order valence-electron chi connectivity index (χ2n) is 9.30. The van der Waals surface area contributed by atoms with Crippen molar-refractivity contribution in [3.05, 3.63) is 36.5 Å². The molecule has 4 fully saturated rings. The van der Waals surface area contributed by atoms with Gasteiger partial charge in [-0.15, -0.1) is 10.2 Å². The van der Waals surface area contributed by atoms with Gasteiger partial charge in [0.2, 0.25) is 11.7 Å². The lowest BCUT2D eigenvalue weighted by atomic mass is 10.1. The summed E-state index contributed by atoms with van der Waals surface area (Å²) in [7, 11) is 0. The van der Waals surface area contributed by atoms with Crippen molar-refractivity contribution in [1.82, 2.24) is 30.4 Å². The van der Waals surface area contributed by atoms with Crippen LogP contribution in [-0.2, 0) is 4.79 Å². The van der Waals surface area contributed by atoms with Crippen LogP contribution >= 0.6 is 0 Å². The molecule has 0 spiro atoms. The van der Waals surface area contributed by atoms with Gasteiger partial charge in [-0.05, 0) is 42.5 Å². The Morgan fingerprint density at radius 2 is 2.25 bits per heavy atom. The smallest absolute Gasteiger partial charge is 0.244 e. The molecule has 6 atom stereocenters. The standard InChI is InChI=1S/C22H25N9O/c1-12(30-16(9-23)6-14-7-19(14)30)18(24)11-29-10-17-8-20(29)22(32)31(17)15-4-2-3-13(5-15)21-25-27-28-26-21/h2-5,14,16-20H,1,6-8,10-11,24H2,(H,25,26,27,28)/t14?,16?,17?,18-,19?,20-/m0/s1. The van der Waals surface area contributed by atoms with Gasteiger partial charge in [-0.25, -0.2) is 0 Å². The predicted molar refractivity (Wildman–Crippen MR) is 116 cm³/mol. The van der Waals surface area contributed by atoms with E-state index in [-0.39, 0.29) is 30.1 Å². The number of rotatable bonds is 6. The fourth-order valence-corrected chi connectivity index (χ4v) is 5.82. The Hall–Kier alpha value is -3.29. The van der Waals surface area contributed by atoms with Crippen LogP contribution in [-0.4, -0.2) is 79.6 Å². The molecule has 1 saturated carbocycles. The molecule has 10 heteroatoms. The molecule has 1 aromatic carbocycles. The maximum atomic E-state index is 13.3. The number of carbonyl (C=O) groups excluding carboxylic acids is 1. The van der Waals surface area contributed by atoms with Crippen LogP contribution in [0, 0.1) is 17.2 Å². The average molecular weight is 432 g/mol. The van der Waals surface area contributed by atoms with E-state index in [0.717, 1.165) is 42.8 Å². The van der Waals surface area contributed by atoms with Crippen molar-refractivity contribution in [1.29, 1.82) is 5.26 Å². The van der Waals surface area contributed by atoms with Crippen molar-refractivity contribution in [3.8, 4) is 17.5 Å². The molecule has 10 nitrogen and oxygen atoms in total. The van der Waals surface area contributed by atoms with Gasteiger partial charge in [0.05, 0.1) is 24.2 Å². The molecular weight excluding hydrogens is 406 g/mol. The van der Waals surface area contributed by atoms with E-state index in [0.29, 0.717) is 24.3 Å². The molecular formula is C22H25N9O. The molecule has 164 valence electrons. The monoisotopic (exact) mass is 431 g/mol. The third-order valence-corrected chi connectivity index (χ3v) is 7.44. The predicted octanol–water partition coefficient (Wildman–Crippen LogP) is 0.484. The SMILES string of the molecule is C=C([C@@H](N)CN1CC2C[C@H]1C(=O)N2c1cccc(-c2nn[nH]n2)c1)N1C(C#N)CC2CC21. The maximum absolute atomic E-state index is 13.3. The summed E-state index contributed by atoms with van der Waals surface area (Å²) < 4.78 is 0. The van der Waals surface area contributed by atoms with E-state index in [1.165, 1.54) is 0 Å². The largest absolute Gasteiger partial charge is 0.355 e. The molecule has 4 unspecified atom stereocenters. The van der Waals surface area contributed by atoms with Crippen molar-refractivity contribution in [2.45, 2.75) is 49.5 Å². The highest BCUT2D eigenvalue weighted by atomic mass is 16.2. The first kappa shape index (κ1) is 19.4. The van der Waals surface area contributed by atoms with Crippen molar-refractivity contribution >= 4 is 11.6 Å². The van der Waals surface area contributed by atoms with Crippen molar-refractivity contribution in [2.24, 2.45) is 11.7 Å². The number of likely N-dealkylation sites (tertiary alicyclic amines) is 2. The lowest BCUT2D eigenvalue weighted by Gasteiger charge is -2.37. The summed E-state index contributed by atoms with van der Waals surface area (Å²) in [4.78, 5) is 19.5. The number of aromatic amines is 1. The zero-order valence-corrected chi connectivity index (χ0v) is 17.6. The first-order valence-corrected chi connectivity index (χ1v) is 11.1. The minimum atomic E-state index is -0.285. The number of hydrogen-bond acceptors (Lipinski definition) is 8. The number of anilines is 1. The Morgan fingerprint density at radius 1 is 1.38 bits per heavy atom. The number of H-pyrrole nitrogens is 1. The van der Waals surface area contributed by atoms with Crippen LogP contribution in [0.25, 0.3) is 11.4 Å². The van der Waals surface area contributed by atoms with Gasteiger partial charge in [0.1, 0.15) is 6.04 Å². The molecule has 3 saturated heterocycles. The van der Waals surface area contributed by atoms with Gasteiger partial charge in [-0.1, -0.05) is 18.7 Å². The second-order valence-corrected chi connectivity index (χ2v) is 9.30. The summed E-state index contributed by atoms with van der Waals surface area (Å²) in [5.41, 5.74) is 9.04. The minimum Gasteiger partial charge on any atom is -0.355 e. The van der Waals surface area contributed by atoms with Crippen LogP contribution in [0.5, 0.6) is 0 Å². The summed E-state index contributed by atoms with van der Waals surface area (Å²) in [6, 6.07) is 10.1. The van der Waals surface area contributed by atoms with Gasteiger partial charge in [0, 0.05) is 36.1 Å². The molecule has 4 heterocycles. The van der Waals surface area contributed by atoms with E-state index in [9.17, 15) is 10.1 Å². The summed E-state index contributed by atoms with van der Waals surface area (Å²) in [6.07, 6.45) is 2.84. The summed E-state index contributed by atoms with van der Waals surface area (Å²) in [5, 5.41) is 23.6. The molecule has 2 bridgehead atoms. The third-order valence-electron chi connectivity index (χ3n) is 7.44. The van der Waals surface area contributed by atoms with E-state index in [1.54, 1.807) is 0 Å². The molecule has 0 radical (unpaired) electrons. The van der Waals surface area contributed by atoms with Crippen LogP contribution in [0.15, 0.2) is 36.5 Å². The average Bonchev–Trinajstić information content (AvgIpc) is 3.25. The number of benzene rings is 1. The molecule has 6 rings (SSSR count). The number of piperidine rings is 1. The number of piperazine rings is 1. The van der Waals surface area contributed by atoms with Gasteiger partial charge in [-0.2, -0.15) is 10.5 Å². The van der Waals surface area contributed by atoms with Crippen molar-refractivity contribution in [3.63, 3.8) is 0 Å². The topological polar surface area (TPSA) is 131 Å². The van der Waals surface area contributed by atoms with E-state index < -0.39 is 0 Å². The Balaban J connectivity index is 1.14. The number of tetrazole rings is 1. The quantitative estimate of drug-likeness (QED) is 0.675. The number of hydrogen-bond donors (Lipinski definition) is 2. The molecule has 3 N–H and O–H groups in total. The Morgan fingerprint density at radius 3 is 3.00 bits per heavy atom. The first-order valence-electron chi connectivity index (χ1n) is 11.1. The Kier molecular flexibility index (Phi) is 4.31. The lowest BCUT2D eigenvalue weighted by molar-refractivity contribution is -0.122. The molecule has 32 heavy (non-hydrogen) atoms. The fraction of sp³-hybridized carbons (Fsp3) is 0.500. The van der Waals surface area contributed by atoms with Gasteiger partial charge >= 0.3 is 0 Å². The number of nitrogens with zero attached hydrogens (tertiary/aromatic N) is 7. The van der Waals surface area contributed by atoms with Crippen LogP contribution in [0.1, 0.15) is 19.3 Å². The lowest BCUT2D eigenvalue weighted by Crippen LogP contribution is -2.54. The van der Waals surface area contributed by atoms with Crippen LogP contribution in [0.3, 0.4) is 0 Å². The van der Waals surface area contributed by atoms with Crippen LogP contribution in [0.4, 0.5) is 5.69 Å². The van der Waals surface area contributed by atoms with Gasteiger partial charge in [0.15, 0.2) is 0 Å². The highest BCUT2D eigenvalue weighted by Crippen LogP contribution is 2.49. The minimum absolute atomic E-state index is 0.0997. The molecule has 1 aliphatic carbocycles. The molecule has 3 aliphatic heterocycles. The van der Waals surface area contributed by atoms with E-state index in [4.69, 9.17) is 5.73 Å². The maximum Gasteiger partial charge on any atom is 0.244 e. The summed E-state index contributed by atoms with van der Waals surface area (Å²) in [6.45, 7) is 5.59. The van der Waals surface area contributed by atoms with Crippen LogP contribution < -0.4 is 10.6 Å². The molecule has 1 amide bonds. The summed E-state index contributed by atoms with van der Waals surface area (Å²) in [5.74, 6) is 1.22.